The summed E-state index contributed by atoms with van der Waals surface area (Å²) >= 11 is 5.69. The maximum absolute atomic E-state index is 12.5. The van der Waals surface area contributed by atoms with E-state index in [0.717, 1.165) is 19.5 Å². The summed E-state index contributed by atoms with van der Waals surface area (Å²) in [6.07, 6.45) is 3.50. The maximum Gasteiger partial charge on any atom is 0.244 e. The van der Waals surface area contributed by atoms with Gasteiger partial charge in [0, 0.05) is 38.3 Å². The number of amides is 1. The zero-order valence-electron chi connectivity index (χ0n) is 12.1. The van der Waals surface area contributed by atoms with Crippen molar-refractivity contribution in [1.82, 2.24) is 14.2 Å². The van der Waals surface area contributed by atoms with Crippen molar-refractivity contribution in [3.05, 3.63) is 23.5 Å². The molecular weight excluding hydrogens is 326 g/mol. The average molecular weight is 344 g/mol. The third-order valence-corrected chi connectivity index (χ3v) is 6.41. The van der Waals surface area contributed by atoms with Crippen LogP contribution in [0.2, 0.25) is 5.15 Å². The Labute approximate surface area is 135 Å². The van der Waals surface area contributed by atoms with Gasteiger partial charge in [0.15, 0.2) is 0 Å². The van der Waals surface area contributed by atoms with Crippen LogP contribution in [-0.2, 0) is 14.8 Å². The molecule has 2 saturated heterocycles. The number of hydrogen-bond donors (Lipinski definition) is 0. The first-order valence-electron chi connectivity index (χ1n) is 7.39. The quantitative estimate of drug-likeness (QED) is 0.777. The van der Waals surface area contributed by atoms with E-state index in [1.807, 2.05) is 4.90 Å². The van der Waals surface area contributed by atoms with Gasteiger partial charge in [0.05, 0.1) is 0 Å². The van der Waals surface area contributed by atoms with Gasteiger partial charge in [0.1, 0.15) is 10.0 Å². The number of rotatable bonds is 3. The molecule has 0 saturated carbocycles. The molecule has 0 N–H and O–H groups in total. The second-order valence-corrected chi connectivity index (χ2v) is 8.00. The summed E-state index contributed by atoms with van der Waals surface area (Å²) < 4.78 is 26.5. The molecule has 120 valence electrons. The molecule has 22 heavy (non-hydrogen) atoms. The van der Waals surface area contributed by atoms with Crippen LogP contribution < -0.4 is 0 Å². The van der Waals surface area contributed by atoms with Crippen molar-refractivity contribution in [2.24, 2.45) is 5.92 Å². The molecule has 0 atom stereocenters. The highest BCUT2D eigenvalue weighted by Crippen LogP contribution is 2.26. The lowest BCUT2D eigenvalue weighted by Crippen LogP contribution is -2.48. The Kier molecular flexibility index (Phi) is 4.38. The van der Waals surface area contributed by atoms with Crippen LogP contribution >= 0.6 is 11.6 Å². The van der Waals surface area contributed by atoms with Crippen molar-refractivity contribution in [2.45, 2.75) is 24.2 Å². The Morgan fingerprint density at radius 1 is 1.18 bits per heavy atom. The number of piperidine rings is 1. The highest BCUT2D eigenvalue weighted by molar-refractivity contribution is 7.89. The highest BCUT2D eigenvalue weighted by Gasteiger charge is 2.35. The van der Waals surface area contributed by atoms with E-state index in [4.69, 9.17) is 11.6 Å². The number of nitrogens with zero attached hydrogens (tertiary/aromatic N) is 3. The number of carbonyl (C=O) groups excluding carboxylic acids is 1. The van der Waals surface area contributed by atoms with Gasteiger partial charge in [-0.25, -0.2) is 13.4 Å². The molecule has 0 radical (unpaired) electrons. The minimum Gasteiger partial charge on any atom is -0.342 e. The second-order valence-electron chi connectivity index (χ2n) is 5.67. The van der Waals surface area contributed by atoms with Crippen LogP contribution in [0, 0.1) is 5.92 Å². The van der Waals surface area contributed by atoms with Crippen LogP contribution in [0.15, 0.2) is 23.2 Å². The summed E-state index contributed by atoms with van der Waals surface area (Å²) in [6.45, 7) is 2.42. The van der Waals surface area contributed by atoms with E-state index in [0.29, 0.717) is 25.9 Å². The fourth-order valence-electron chi connectivity index (χ4n) is 2.80. The minimum atomic E-state index is -3.55. The third kappa shape index (κ3) is 2.98. The fraction of sp³-hybridized carbons (Fsp3) is 0.571. The van der Waals surface area contributed by atoms with E-state index >= 15 is 0 Å². The summed E-state index contributed by atoms with van der Waals surface area (Å²) in [5.74, 6) is 0.131. The molecule has 1 aromatic rings. The first-order valence-corrected chi connectivity index (χ1v) is 9.21. The molecule has 8 heteroatoms. The van der Waals surface area contributed by atoms with Crippen molar-refractivity contribution >= 4 is 27.5 Å². The van der Waals surface area contributed by atoms with Crippen molar-refractivity contribution in [3.63, 3.8) is 0 Å². The Morgan fingerprint density at radius 3 is 2.36 bits per heavy atom. The van der Waals surface area contributed by atoms with Crippen molar-refractivity contribution < 1.29 is 13.2 Å². The molecule has 2 aliphatic heterocycles. The lowest BCUT2D eigenvalue weighted by molar-refractivity contribution is -0.140. The normalized spacial score (nSPS) is 20.7. The van der Waals surface area contributed by atoms with E-state index < -0.39 is 10.0 Å². The molecule has 2 fully saturated rings. The Balaban J connectivity index is 1.65. The number of halogens is 1. The van der Waals surface area contributed by atoms with E-state index in [1.165, 1.54) is 22.6 Å². The lowest BCUT2D eigenvalue weighted by Gasteiger charge is -2.37. The summed E-state index contributed by atoms with van der Waals surface area (Å²) in [5.41, 5.74) is 0. The molecule has 3 heterocycles. The van der Waals surface area contributed by atoms with Crippen LogP contribution in [0.5, 0.6) is 0 Å². The standard InChI is InChI=1S/C14H18ClN3O3S/c15-13-3-2-12(10-16-13)22(20,21)18-8-4-11(5-9-18)14(19)17-6-1-7-17/h2-3,10-11H,1,4-9H2. The predicted molar refractivity (Wildman–Crippen MR) is 81.9 cm³/mol. The maximum atomic E-state index is 12.5. The second kappa shape index (κ2) is 6.14. The predicted octanol–water partition coefficient (Wildman–Crippen LogP) is 1.37. The van der Waals surface area contributed by atoms with Gasteiger partial charge in [-0.3, -0.25) is 4.79 Å². The van der Waals surface area contributed by atoms with Crippen LogP contribution in [0.25, 0.3) is 0 Å². The molecule has 2 aliphatic rings. The molecular formula is C14H18ClN3O3S. The number of aromatic nitrogens is 1. The summed E-state index contributed by atoms with van der Waals surface area (Å²) in [5, 5.41) is 0.262. The average Bonchev–Trinajstić information content (AvgIpc) is 2.46. The number of sulfonamides is 1. The monoisotopic (exact) mass is 343 g/mol. The Bertz CT molecular complexity index is 650. The Hall–Kier alpha value is -1.18. The van der Waals surface area contributed by atoms with E-state index in [-0.39, 0.29) is 21.9 Å². The highest BCUT2D eigenvalue weighted by atomic mass is 35.5. The minimum absolute atomic E-state index is 0.0462. The molecule has 6 nitrogen and oxygen atoms in total. The molecule has 1 amide bonds. The van der Waals surface area contributed by atoms with E-state index in [1.54, 1.807) is 0 Å². The lowest BCUT2D eigenvalue weighted by atomic mass is 9.95. The smallest absolute Gasteiger partial charge is 0.244 e. The molecule has 3 rings (SSSR count). The van der Waals surface area contributed by atoms with Gasteiger partial charge < -0.3 is 4.90 Å². The van der Waals surface area contributed by atoms with Crippen molar-refractivity contribution in [3.8, 4) is 0 Å². The van der Waals surface area contributed by atoms with Gasteiger partial charge in [-0.2, -0.15) is 4.31 Å². The van der Waals surface area contributed by atoms with Gasteiger partial charge in [-0.15, -0.1) is 0 Å². The zero-order valence-corrected chi connectivity index (χ0v) is 13.7. The number of hydrogen-bond acceptors (Lipinski definition) is 4. The molecule has 0 bridgehead atoms. The molecule has 0 spiro atoms. The van der Waals surface area contributed by atoms with Crippen LogP contribution in [-0.4, -0.2) is 54.7 Å². The number of likely N-dealkylation sites (tertiary alicyclic amines) is 1. The van der Waals surface area contributed by atoms with Gasteiger partial charge >= 0.3 is 0 Å². The van der Waals surface area contributed by atoms with Crippen LogP contribution in [0.4, 0.5) is 0 Å². The van der Waals surface area contributed by atoms with E-state index in [2.05, 4.69) is 4.98 Å². The fourth-order valence-corrected chi connectivity index (χ4v) is 4.33. The van der Waals surface area contributed by atoms with Crippen LogP contribution in [0.3, 0.4) is 0 Å². The van der Waals surface area contributed by atoms with Gasteiger partial charge in [-0.1, -0.05) is 11.6 Å². The summed E-state index contributed by atoms with van der Waals surface area (Å²) in [7, 11) is -3.55. The number of pyridine rings is 1. The molecule has 0 aliphatic carbocycles. The van der Waals surface area contributed by atoms with Crippen molar-refractivity contribution in [1.29, 1.82) is 0 Å². The third-order valence-electron chi connectivity index (χ3n) is 4.31. The Morgan fingerprint density at radius 2 is 1.86 bits per heavy atom. The van der Waals surface area contributed by atoms with Gasteiger partial charge in [-0.05, 0) is 31.4 Å². The molecule has 0 aromatic carbocycles. The first kappa shape index (κ1) is 15.7. The molecule has 0 unspecified atom stereocenters. The summed E-state index contributed by atoms with van der Waals surface area (Å²) in [4.78, 5) is 18.0. The van der Waals surface area contributed by atoms with Gasteiger partial charge in [0.25, 0.3) is 0 Å². The zero-order chi connectivity index (χ0) is 15.7. The van der Waals surface area contributed by atoms with E-state index in [9.17, 15) is 13.2 Å². The largest absolute Gasteiger partial charge is 0.342 e. The van der Waals surface area contributed by atoms with Crippen molar-refractivity contribution in [2.75, 3.05) is 26.2 Å². The SMILES string of the molecule is O=C(C1CCN(S(=O)(=O)c2ccc(Cl)nc2)CC1)N1CCC1. The number of carbonyl (C=O) groups is 1. The first-order chi connectivity index (χ1) is 10.5. The molecule has 1 aromatic heterocycles. The van der Waals surface area contributed by atoms with Crippen LogP contribution in [0.1, 0.15) is 19.3 Å². The topological polar surface area (TPSA) is 70.6 Å². The van der Waals surface area contributed by atoms with Gasteiger partial charge in [0.2, 0.25) is 15.9 Å². The summed E-state index contributed by atoms with van der Waals surface area (Å²) in [6, 6.07) is 2.93.